The molecule has 3 unspecified atom stereocenters. The number of ether oxygens (including phenoxy) is 1. The molecule has 1 amide bonds. The van der Waals surface area contributed by atoms with Crippen molar-refractivity contribution in [3.05, 3.63) is 0 Å². The van der Waals surface area contributed by atoms with Crippen LogP contribution in [0.5, 0.6) is 0 Å². The minimum atomic E-state index is -0.287. The molecule has 0 bridgehead atoms. The SMILES string of the molecule is CCOC(C)(C)CN1C(=O)C(C(C)CC)NC1C. The largest absolute Gasteiger partial charge is 0.374 e. The van der Waals surface area contributed by atoms with Crippen LogP contribution in [-0.4, -0.2) is 41.8 Å². The Kier molecular flexibility index (Phi) is 5.17. The second-order valence-corrected chi connectivity index (χ2v) is 5.86. The molecule has 0 aromatic rings. The Morgan fingerprint density at radius 1 is 1.44 bits per heavy atom. The molecule has 4 nitrogen and oxygen atoms in total. The second-order valence-electron chi connectivity index (χ2n) is 5.86. The van der Waals surface area contributed by atoms with Gasteiger partial charge in [-0.05, 0) is 33.6 Å². The van der Waals surface area contributed by atoms with Crippen molar-refractivity contribution in [3.63, 3.8) is 0 Å². The van der Waals surface area contributed by atoms with Gasteiger partial charge in [-0.15, -0.1) is 0 Å². The Hall–Kier alpha value is -0.610. The molecule has 1 aliphatic heterocycles. The zero-order chi connectivity index (χ0) is 13.9. The summed E-state index contributed by atoms with van der Waals surface area (Å²) in [6, 6.07) is -0.0394. The maximum absolute atomic E-state index is 12.4. The van der Waals surface area contributed by atoms with Crippen molar-refractivity contribution in [2.45, 2.75) is 65.8 Å². The smallest absolute Gasteiger partial charge is 0.241 e. The highest BCUT2D eigenvalue weighted by Crippen LogP contribution is 2.22. The van der Waals surface area contributed by atoms with Crippen LogP contribution in [0.3, 0.4) is 0 Å². The molecule has 1 N–H and O–H groups in total. The minimum Gasteiger partial charge on any atom is -0.374 e. The van der Waals surface area contributed by atoms with Gasteiger partial charge in [-0.25, -0.2) is 0 Å². The topological polar surface area (TPSA) is 41.6 Å². The molecular weight excluding hydrogens is 228 g/mol. The van der Waals surface area contributed by atoms with Crippen molar-refractivity contribution >= 4 is 5.91 Å². The van der Waals surface area contributed by atoms with Crippen LogP contribution < -0.4 is 5.32 Å². The number of carbonyl (C=O) groups excluding carboxylic acids is 1. The molecule has 106 valence electrons. The predicted octanol–water partition coefficient (Wildman–Crippen LogP) is 1.99. The Bertz CT molecular complexity index is 292. The summed E-state index contributed by atoms with van der Waals surface area (Å²) in [6.45, 7) is 13.7. The average molecular weight is 256 g/mol. The van der Waals surface area contributed by atoms with E-state index in [9.17, 15) is 4.79 Å². The summed E-state index contributed by atoms with van der Waals surface area (Å²) in [5.74, 6) is 0.588. The first kappa shape index (κ1) is 15.4. The fourth-order valence-corrected chi connectivity index (χ4v) is 2.50. The predicted molar refractivity (Wildman–Crippen MR) is 73.3 cm³/mol. The van der Waals surface area contributed by atoms with Crippen LogP contribution in [0, 0.1) is 5.92 Å². The van der Waals surface area contributed by atoms with Crippen molar-refractivity contribution < 1.29 is 9.53 Å². The monoisotopic (exact) mass is 256 g/mol. The van der Waals surface area contributed by atoms with Gasteiger partial charge in [0.15, 0.2) is 0 Å². The third kappa shape index (κ3) is 3.45. The van der Waals surface area contributed by atoms with Gasteiger partial charge >= 0.3 is 0 Å². The molecule has 1 rings (SSSR count). The number of hydrogen-bond acceptors (Lipinski definition) is 3. The number of nitrogens with zero attached hydrogens (tertiary/aromatic N) is 1. The fraction of sp³-hybridized carbons (Fsp3) is 0.929. The van der Waals surface area contributed by atoms with E-state index in [1.807, 2.05) is 32.6 Å². The number of rotatable bonds is 6. The molecule has 1 aliphatic rings. The third-order valence-electron chi connectivity index (χ3n) is 3.74. The number of nitrogens with one attached hydrogen (secondary N) is 1. The summed E-state index contributed by atoms with van der Waals surface area (Å²) >= 11 is 0. The van der Waals surface area contributed by atoms with E-state index < -0.39 is 0 Å². The van der Waals surface area contributed by atoms with E-state index in [4.69, 9.17) is 4.74 Å². The molecule has 3 atom stereocenters. The molecule has 1 fully saturated rings. The van der Waals surface area contributed by atoms with Gasteiger partial charge in [0.2, 0.25) is 5.91 Å². The van der Waals surface area contributed by atoms with E-state index in [0.29, 0.717) is 19.1 Å². The van der Waals surface area contributed by atoms with Gasteiger partial charge in [-0.2, -0.15) is 0 Å². The molecule has 0 aromatic heterocycles. The molecule has 18 heavy (non-hydrogen) atoms. The first-order chi connectivity index (χ1) is 8.32. The highest BCUT2D eigenvalue weighted by atomic mass is 16.5. The van der Waals surface area contributed by atoms with Gasteiger partial charge in [-0.1, -0.05) is 20.3 Å². The fourth-order valence-electron chi connectivity index (χ4n) is 2.50. The lowest BCUT2D eigenvalue weighted by Gasteiger charge is -2.32. The first-order valence-electron chi connectivity index (χ1n) is 7.03. The van der Waals surface area contributed by atoms with Crippen LogP contribution >= 0.6 is 0 Å². The second kappa shape index (κ2) is 6.02. The van der Waals surface area contributed by atoms with Gasteiger partial charge in [-0.3, -0.25) is 10.1 Å². The van der Waals surface area contributed by atoms with Crippen LogP contribution in [0.2, 0.25) is 0 Å². The van der Waals surface area contributed by atoms with Crippen LogP contribution in [0.4, 0.5) is 0 Å². The molecule has 1 saturated heterocycles. The normalized spacial score (nSPS) is 26.8. The lowest BCUT2D eigenvalue weighted by molar-refractivity contribution is -0.135. The first-order valence-corrected chi connectivity index (χ1v) is 7.03. The van der Waals surface area contributed by atoms with Gasteiger partial charge in [0, 0.05) is 6.61 Å². The summed E-state index contributed by atoms with van der Waals surface area (Å²) in [7, 11) is 0. The van der Waals surface area contributed by atoms with E-state index in [1.54, 1.807) is 0 Å². The Morgan fingerprint density at radius 2 is 2.06 bits per heavy atom. The summed E-state index contributed by atoms with van der Waals surface area (Å²) in [5.41, 5.74) is -0.287. The van der Waals surface area contributed by atoms with Gasteiger partial charge < -0.3 is 9.64 Å². The van der Waals surface area contributed by atoms with Gasteiger partial charge in [0.05, 0.1) is 24.4 Å². The van der Waals surface area contributed by atoms with Crippen molar-refractivity contribution in [1.29, 1.82) is 0 Å². The van der Waals surface area contributed by atoms with Gasteiger partial charge in [0.25, 0.3) is 0 Å². The average Bonchev–Trinajstić information content (AvgIpc) is 2.55. The molecule has 0 aliphatic carbocycles. The zero-order valence-electron chi connectivity index (χ0n) is 12.6. The molecule has 0 aromatic carbocycles. The van der Waals surface area contributed by atoms with Crippen LogP contribution in [0.25, 0.3) is 0 Å². The quantitative estimate of drug-likeness (QED) is 0.790. The summed E-state index contributed by atoms with van der Waals surface area (Å²) in [6.07, 6.45) is 1.11. The van der Waals surface area contributed by atoms with E-state index in [-0.39, 0.29) is 23.7 Å². The molecule has 0 radical (unpaired) electrons. The zero-order valence-corrected chi connectivity index (χ0v) is 12.6. The summed E-state index contributed by atoms with van der Waals surface area (Å²) in [5, 5.41) is 3.39. The number of carbonyl (C=O) groups is 1. The molecular formula is C14H28N2O2. The molecule has 1 heterocycles. The maximum Gasteiger partial charge on any atom is 0.241 e. The minimum absolute atomic E-state index is 0.0394. The van der Waals surface area contributed by atoms with Crippen molar-refractivity contribution in [1.82, 2.24) is 10.2 Å². The summed E-state index contributed by atoms with van der Waals surface area (Å²) in [4.78, 5) is 14.3. The van der Waals surface area contributed by atoms with Crippen molar-refractivity contribution in [2.75, 3.05) is 13.2 Å². The van der Waals surface area contributed by atoms with Crippen molar-refractivity contribution in [2.24, 2.45) is 5.92 Å². The third-order valence-corrected chi connectivity index (χ3v) is 3.74. The molecule has 4 heteroatoms. The van der Waals surface area contributed by atoms with Crippen LogP contribution in [0.15, 0.2) is 0 Å². The standard InChI is InChI=1S/C14H28N2O2/c1-7-10(3)12-13(17)16(11(4)15-12)9-14(5,6)18-8-2/h10-12,15H,7-9H2,1-6H3. The Morgan fingerprint density at radius 3 is 2.56 bits per heavy atom. The van der Waals surface area contributed by atoms with Crippen LogP contribution in [-0.2, 0) is 9.53 Å². The van der Waals surface area contributed by atoms with E-state index in [0.717, 1.165) is 6.42 Å². The lowest BCUT2D eigenvalue weighted by Crippen LogP contribution is -2.45. The lowest BCUT2D eigenvalue weighted by atomic mass is 9.99. The van der Waals surface area contributed by atoms with Crippen LogP contribution in [0.1, 0.15) is 48.0 Å². The van der Waals surface area contributed by atoms with E-state index >= 15 is 0 Å². The van der Waals surface area contributed by atoms with Crippen molar-refractivity contribution in [3.8, 4) is 0 Å². The number of amides is 1. The highest BCUT2D eigenvalue weighted by molar-refractivity contribution is 5.84. The Labute approximate surface area is 111 Å². The van der Waals surface area contributed by atoms with E-state index in [2.05, 4.69) is 19.2 Å². The summed E-state index contributed by atoms with van der Waals surface area (Å²) < 4.78 is 5.69. The maximum atomic E-state index is 12.4. The number of hydrogen-bond donors (Lipinski definition) is 1. The molecule has 0 saturated carbocycles. The van der Waals surface area contributed by atoms with Gasteiger partial charge in [0.1, 0.15) is 0 Å². The molecule has 0 spiro atoms. The van der Waals surface area contributed by atoms with E-state index in [1.165, 1.54) is 0 Å². The Balaban J connectivity index is 2.70. The highest BCUT2D eigenvalue weighted by Gasteiger charge is 2.41.